The molecule has 2 aromatic carbocycles. The highest BCUT2D eigenvalue weighted by molar-refractivity contribution is 5.84. The number of para-hydroxylation sites is 1. The number of phenols is 1. The second-order valence-corrected chi connectivity index (χ2v) is 4.74. The molecular formula is C17H16N2O2. The van der Waals surface area contributed by atoms with Crippen molar-refractivity contribution in [3.8, 4) is 11.5 Å². The minimum absolute atomic E-state index is 0.244. The number of nitrogens with zero attached hydrogens (tertiary/aromatic N) is 1. The number of fused-ring (bicyclic) bond motifs is 1. The zero-order valence-corrected chi connectivity index (χ0v) is 11.7. The van der Waals surface area contributed by atoms with Crippen molar-refractivity contribution in [2.24, 2.45) is 0 Å². The Morgan fingerprint density at radius 1 is 1.10 bits per heavy atom. The van der Waals surface area contributed by atoms with Gasteiger partial charge in [0.15, 0.2) is 0 Å². The Labute approximate surface area is 123 Å². The predicted molar refractivity (Wildman–Crippen MR) is 83.7 cm³/mol. The SMILES string of the molecule is COc1cccc2ccc(CNc3cccc(O)c3)nc12. The molecule has 0 radical (unpaired) electrons. The summed E-state index contributed by atoms with van der Waals surface area (Å²) in [7, 11) is 1.65. The van der Waals surface area contributed by atoms with Gasteiger partial charge in [0.2, 0.25) is 0 Å². The van der Waals surface area contributed by atoms with E-state index in [1.54, 1.807) is 25.3 Å². The van der Waals surface area contributed by atoms with Crippen LogP contribution in [0.15, 0.2) is 54.6 Å². The zero-order valence-electron chi connectivity index (χ0n) is 11.7. The maximum Gasteiger partial charge on any atom is 0.145 e. The molecule has 106 valence electrons. The molecule has 0 aliphatic rings. The monoisotopic (exact) mass is 280 g/mol. The molecule has 0 aliphatic heterocycles. The highest BCUT2D eigenvalue weighted by Gasteiger charge is 2.04. The summed E-state index contributed by atoms with van der Waals surface area (Å²) < 4.78 is 5.35. The maximum atomic E-state index is 9.45. The number of anilines is 1. The molecule has 0 amide bonds. The van der Waals surface area contributed by atoms with E-state index in [1.165, 1.54) is 0 Å². The van der Waals surface area contributed by atoms with Crippen molar-refractivity contribution in [3.63, 3.8) is 0 Å². The molecule has 21 heavy (non-hydrogen) atoms. The second-order valence-electron chi connectivity index (χ2n) is 4.74. The lowest BCUT2D eigenvalue weighted by atomic mass is 10.2. The Hall–Kier alpha value is -2.75. The summed E-state index contributed by atoms with van der Waals surface area (Å²) in [6.45, 7) is 0.581. The summed E-state index contributed by atoms with van der Waals surface area (Å²) in [5, 5.41) is 13.7. The van der Waals surface area contributed by atoms with Crippen molar-refractivity contribution in [1.82, 2.24) is 4.98 Å². The topological polar surface area (TPSA) is 54.4 Å². The lowest BCUT2D eigenvalue weighted by Crippen LogP contribution is -2.02. The quantitative estimate of drug-likeness (QED) is 0.767. The van der Waals surface area contributed by atoms with Gasteiger partial charge in [-0.05, 0) is 24.3 Å². The number of ether oxygens (including phenoxy) is 1. The first-order valence-corrected chi connectivity index (χ1v) is 6.72. The molecule has 3 aromatic rings. The molecule has 4 heteroatoms. The Balaban J connectivity index is 1.84. The van der Waals surface area contributed by atoms with Crippen LogP contribution in [-0.4, -0.2) is 17.2 Å². The third kappa shape index (κ3) is 2.89. The van der Waals surface area contributed by atoms with Crippen molar-refractivity contribution < 1.29 is 9.84 Å². The number of aromatic hydroxyl groups is 1. The van der Waals surface area contributed by atoms with Gasteiger partial charge >= 0.3 is 0 Å². The molecule has 3 rings (SSSR count). The average Bonchev–Trinajstić information content (AvgIpc) is 2.52. The van der Waals surface area contributed by atoms with Gasteiger partial charge in [-0.2, -0.15) is 0 Å². The molecule has 0 atom stereocenters. The fourth-order valence-corrected chi connectivity index (χ4v) is 2.23. The number of aromatic nitrogens is 1. The van der Waals surface area contributed by atoms with Crippen LogP contribution in [0.3, 0.4) is 0 Å². The van der Waals surface area contributed by atoms with Crippen LogP contribution in [0, 0.1) is 0 Å². The van der Waals surface area contributed by atoms with Gasteiger partial charge in [0.05, 0.1) is 19.3 Å². The minimum atomic E-state index is 0.244. The van der Waals surface area contributed by atoms with E-state index in [-0.39, 0.29) is 5.75 Å². The minimum Gasteiger partial charge on any atom is -0.508 e. The molecule has 0 saturated carbocycles. The van der Waals surface area contributed by atoms with Gasteiger partial charge in [-0.15, -0.1) is 0 Å². The van der Waals surface area contributed by atoms with Crippen molar-refractivity contribution in [3.05, 3.63) is 60.3 Å². The first-order valence-electron chi connectivity index (χ1n) is 6.72. The summed E-state index contributed by atoms with van der Waals surface area (Å²) in [5.74, 6) is 1.01. The van der Waals surface area contributed by atoms with Crippen LogP contribution in [0.1, 0.15) is 5.69 Å². The van der Waals surface area contributed by atoms with Gasteiger partial charge in [0, 0.05) is 17.1 Å². The highest BCUT2D eigenvalue weighted by atomic mass is 16.5. The number of pyridine rings is 1. The summed E-state index contributed by atoms with van der Waals surface area (Å²) in [5.41, 5.74) is 2.63. The van der Waals surface area contributed by atoms with E-state index in [2.05, 4.69) is 10.3 Å². The fourth-order valence-electron chi connectivity index (χ4n) is 2.23. The fraction of sp³-hybridized carbons (Fsp3) is 0.118. The van der Waals surface area contributed by atoms with Crippen LogP contribution in [0.4, 0.5) is 5.69 Å². The van der Waals surface area contributed by atoms with E-state index in [0.717, 1.165) is 28.0 Å². The summed E-state index contributed by atoms with van der Waals surface area (Å²) >= 11 is 0. The lowest BCUT2D eigenvalue weighted by Gasteiger charge is -2.09. The first kappa shape index (κ1) is 13.2. The molecule has 0 fully saturated rings. The molecule has 4 nitrogen and oxygen atoms in total. The molecule has 1 heterocycles. The van der Waals surface area contributed by atoms with Gasteiger partial charge in [-0.3, -0.25) is 0 Å². The molecule has 0 spiro atoms. The molecule has 1 aromatic heterocycles. The van der Waals surface area contributed by atoms with Crippen LogP contribution >= 0.6 is 0 Å². The standard InChI is InChI=1S/C17H16N2O2/c1-21-16-7-2-4-12-8-9-14(19-17(12)16)11-18-13-5-3-6-15(20)10-13/h2-10,18,20H,11H2,1H3. The number of nitrogens with one attached hydrogen (secondary N) is 1. The van der Waals surface area contributed by atoms with Crippen molar-refractivity contribution in [2.45, 2.75) is 6.54 Å². The number of rotatable bonds is 4. The van der Waals surface area contributed by atoms with Gasteiger partial charge in [0.25, 0.3) is 0 Å². The maximum absolute atomic E-state index is 9.45. The Bertz CT molecular complexity index is 772. The number of hydrogen-bond acceptors (Lipinski definition) is 4. The van der Waals surface area contributed by atoms with E-state index in [0.29, 0.717) is 6.54 Å². The van der Waals surface area contributed by atoms with Crippen LogP contribution in [0.25, 0.3) is 10.9 Å². The molecular weight excluding hydrogens is 264 g/mol. The number of phenolic OH excluding ortho intramolecular Hbond substituents is 1. The zero-order chi connectivity index (χ0) is 14.7. The average molecular weight is 280 g/mol. The summed E-state index contributed by atoms with van der Waals surface area (Å²) in [6, 6.07) is 16.9. The molecule has 0 bridgehead atoms. The lowest BCUT2D eigenvalue weighted by molar-refractivity contribution is 0.419. The van der Waals surface area contributed by atoms with Crippen LogP contribution < -0.4 is 10.1 Å². The van der Waals surface area contributed by atoms with E-state index < -0.39 is 0 Å². The number of hydrogen-bond donors (Lipinski definition) is 2. The van der Waals surface area contributed by atoms with Gasteiger partial charge in [0.1, 0.15) is 17.0 Å². The second kappa shape index (κ2) is 5.71. The first-order chi connectivity index (χ1) is 10.3. The number of methoxy groups -OCH3 is 1. The predicted octanol–water partition coefficient (Wildman–Crippen LogP) is 3.56. The van der Waals surface area contributed by atoms with Gasteiger partial charge in [-0.25, -0.2) is 4.98 Å². The normalized spacial score (nSPS) is 10.5. The molecule has 0 unspecified atom stereocenters. The third-order valence-corrected chi connectivity index (χ3v) is 3.28. The Kier molecular flexibility index (Phi) is 3.60. The van der Waals surface area contributed by atoms with Crippen molar-refractivity contribution in [2.75, 3.05) is 12.4 Å². The van der Waals surface area contributed by atoms with Crippen LogP contribution in [0.2, 0.25) is 0 Å². The van der Waals surface area contributed by atoms with E-state index >= 15 is 0 Å². The van der Waals surface area contributed by atoms with E-state index in [9.17, 15) is 5.11 Å². The Morgan fingerprint density at radius 3 is 2.76 bits per heavy atom. The summed E-state index contributed by atoms with van der Waals surface area (Å²) in [6.07, 6.45) is 0. The van der Waals surface area contributed by atoms with E-state index in [1.807, 2.05) is 36.4 Å². The molecule has 2 N–H and O–H groups in total. The number of benzene rings is 2. The summed E-state index contributed by atoms with van der Waals surface area (Å²) in [4.78, 5) is 4.63. The van der Waals surface area contributed by atoms with Crippen molar-refractivity contribution >= 4 is 16.6 Å². The van der Waals surface area contributed by atoms with Crippen molar-refractivity contribution in [1.29, 1.82) is 0 Å². The van der Waals surface area contributed by atoms with E-state index in [4.69, 9.17) is 4.74 Å². The smallest absolute Gasteiger partial charge is 0.145 e. The third-order valence-electron chi connectivity index (χ3n) is 3.28. The molecule has 0 saturated heterocycles. The Morgan fingerprint density at radius 2 is 1.95 bits per heavy atom. The largest absolute Gasteiger partial charge is 0.508 e. The van der Waals surface area contributed by atoms with Crippen LogP contribution in [0.5, 0.6) is 11.5 Å². The van der Waals surface area contributed by atoms with Crippen LogP contribution in [-0.2, 0) is 6.54 Å². The van der Waals surface area contributed by atoms with Gasteiger partial charge in [-0.1, -0.05) is 24.3 Å². The molecule has 0 aliphatic carbocycles. The van der Waals surface area contributed by atoms with Gasteiger partial charge < -0.3 is 15.2 Å². The highest BCUT2D eigenvalue weighted by Crippen LogP contribution is 2.24.